The van der Waals surface area contributed by atoms with Crippen LogP contribution in [-0.2, 0) is 4.74 Å². The van der Waals surface area contributed by atoms with Gasteiger partial charge in [-0.15, -0.1) is 0 Å². The fraction of sp³-hybridized carbons (Fsp3) is 0.316. The van der Waals surface area contributed by atoms with E-state index in [9.17, 15) is 14.6 Å². The molecule has 1 aliphatic rings. The highest BCUT2D eigenvalue weighted by Crippen LogP contribution is 2.44. The number of rotatable bonds is 5. The van der Waals surface area contributed by atoms with Gasteiger partial charge in [0.1, 0.15) is 12.4 Å². The fourth-order valence-electron chi connectivity index (χ4n) is 3.25. The minimum Gasteiger partial charge on any atom is -0.449 e. The number of hydrogen-bond donors (Lipinski definition) is 3. The van der Waals surface area contributed by atoms with Gasteiger partial charge < -0.3 is 19.8 Å². The molecule has 1 atom stereocenters. The molecule has 0 bridgehead atoms. The van der Waals surface area contributed by atoms with Crippen molar-refractivity contribution < 1.29 is 19.3 Å². The van der Waals surface area contributed by atoms with Crippen LogP contribution in [0.15, 0.2) is 48.5 Å². The largest absolute Gasteiger partial charge is 0.449 e. The van der Waals surface area contributed by atoms with Crippen LogP contribution in [0.25, 0.3) is 11.1 Å². The standard InChI is InChI=1S/C19H22NO4P/c1-12(2)18(25(22)23)20-19(21)24-11-17-15-9-5-3-7-13(15)14-8-4-6-10-16(14)17/h3-10,12,17-18,22-23H,11H2,1-2H3,(H,20,21). The van der Waals surface area contributed by atoms with E-state index in [-0.39, 0.29) is 18.4 Å². The summed E-state index contributed by atoms with van der Waals surface area (Å²) in [5.74, 6) is -0.812. The molecule has 0 saturated heterocycles. The van der Waals surface area contributed by atoms with Crippen molar-refractivity contribution in [1.29, 1.82) is 0 Å². The SMILES string of the molecule is CC(C)C(NC(=O)OCC1c2ccccc2-c2ccccc21)P(O)O. The van der Waals surface area contributed by atoms with Crippen molar-refractivity contribution >= 4 is 14.5 Å². The van der Waals surface area contributed by atoms with Gasteiger partial charge in [0.25, 0.3) is 0 Å². The first-order valence-electron chi connectivity index (χ1n) is 8.27. The lowest BCUT2D eigenvalue weighted by atomic mass is 9.98. The maximum atomic E-state index is 12.1. The smallest absolute Gasteiger partial charge is 0.407 e. The Kier molecular flexibility index (Phi) is 5.38. The number of carbonyl (C=O) groups is 1. The molecule has 0 heterocycles. The number of nitrogens with one attached hydrogen (secondary N) is 1. The molecule has 0 spiro atoms. The zero-order valence-corrected chi connectivity index (χ0v) is 15.1. The maximum Gasteiger partial charge on any atom is 0.407 e. The topological polar surface area (TPSA) is 78.8 Å². The van der Waals surface area contributed by atoms with Crippen molar-refractivity contribution in [2.75, 3.05) is 6.61 Å². The lowest BCUT2D eigenvalue weighted by Gasteiger charge is -2.23. The molecule has 1 aliphatic carbocycles. The van der Waals surface area contributed by atoms with E-state index in [0.717, 1.165) is 11.1 Å². The first-order chi connectivity index (χ1) is 12.0. The monoisotopic (exact) mass is 359 g/mol. The van der Waals surface area contributed by atoms with E-state index in [1.807, 2.05) is 38.1 Å². The van der Waals surface area contributed by atoms with Crippen LogP contribution in [0.5, 0.6) is 0 Å². The van der Waals surface area contributed by atoms with E-state index in [4.69, 9.17) is 4.74 Å². The molecule has 132 valence electrons. The van der Waals surface area contributed by atoms with Crippen LogP contribution >= 0.6 is 8.38 Å². The Morgan fingerprint density at radius 3 is 2.08 bits per heavy atom. The summed E-state index contributed by atoms with van der Waals surface area (Å²) in [5, 5.41) is 2.56. The van der Waals surface area contributed by atoms with Crippen molar-refractivity contribution in [3.8, 4) is 11.1 Å². The van der Waals surface area contributed by atoms with Gasteiger partial charge in [-0.3, -0.25) is 0 Å². The third-order valence-corrected chi connectivity index (χ3v) is 5.71. The molecule has 0 aromatic heterocycles. The van der Waals surface area contributed by atoms with E-state index >= 15 is 0 Å². The van der Waals surface area contributed by atoms with Crippen LogP contribution in [0.1, 0.15) is 30.9 Å². The van der Waals surface area contributed by atoms with Crippen molar-refractivity contribution in [3.05, 3.63) is 59.7 Å². The van der Waals surface area contributed by atoms with Gasteiger partial charge in [-0.25, -0.2) is 4.79 Å². The van der Waals surface area contributed by atoms with E-state index in [2.05, 4.69) is 29.6 Å². The van der Waals surface area contributed by atoms with Gasteiger partial charge >= 0.3 is 6.09 Å². The predicted octanol–water partition coefficient (Wildman–Crippen LogP) is 3.80. The summed E-state index contributed by atoms with van der Waals surface area (Å²) in [6.07, 6.45) is -0.629. The van der Waals surface area contributed by atoms with Crippen LogP contribution in [0.4, 0.5) is 4.79 Å². The molecule has 0 fully saturated rings. The zero-order chi connectivity index (χ0) is 18.0. The summed E-state index contributed by atoms with van der Waals surface area (Å²) in [7, 11) is -2.25. The molecule has 3 rings (SSSR count). The third-order valence-electron chi connectivity index (χ3n) is 4.49. The van der Waals surface area contributed by atoms with E-state index in [1.165, 1.54) is 11.1 Å². The summed E-state index contributed by atoms with van der Waals surface area (Å²) in [6.45, 7) is 3.84. The van der Waals surface area contributed by atoms with Gasteiger partial charge in [0.15, 0.2) is 8.38 Å². The zero-order valence-electron chi connectivity index (χ0n) is 14.2. The Hall–Kier alpha value is -1.94. The van der Waals surface area contributed by atoms with Crippen LogP contribution < -0.4 is 5.32 Å². The molecule has 3 N–H and O–H groups in total. The number of carbonyl (C=O) groups excluding carboxylic acids is 1. The van der Waals surface area contributed by atoms with Crippen LogP contribution in [-0.4, -0.2) is 28.3 Å². The van der Waals surface area contributed by atoms with Gasteiger partial charge in [0.05, 0.1) is 0 Å². The normalized spacial score (nSPS) is 14.3. The summed E-state index contributed by atoms with van der Waals surface area (Å²) < 4.78 is 5.41. The quantitative estimate of drug-likeness (QED) is 0.710. The minimum absolute atomic E-state index is 0.0135. The number of benzene rings is 2. The van der Waals surface area contributed by atoms with Crippen LogP contribution in [0.2, 0.25) is 0 Å². The second-order valence-corrected chi connectivity index (χ2v) is 7.68. The van der Waals surface area contributed by atoms with E-state index < -0.39 is 20.3 Å². The molecular weight excluding hydrogens is 337 g/mol. The number of alkyl carbamates (subject to hydrolysis) is 1. The highest BCUT2D eigenvalue weighted by Gasteiger charge is 2.30. The number of hydrogen-bond acceptors (Lipinski definition) is 4. The van der Waals surface area contributed by atoms with Crippen molar-refractivity contribution in [3.63, 3.8) is 0 Å². The molecule has 25 heavy (non-hydrogen) atoms. The number of fused-ring (bicyclic) bond motifs is 3. The Morgan fingerprint density at radius 2 is 1.60 bits per heavy atom. The molecule has 6 heteroatoms. The lowest BCUT2D eigenvalue weighted by molar-refractivity contribution is 0.139. The predicted molar refractivity (Wildman–Crippen MR) is 98.2 cm³/mol. The minimum atomic E-state index is -2.25. The maximum absolute atomic E-state index is 12.1. The summed E-state index contributed by atoms with van der Waals surface area (Å²) >= 11 is 0. The molecule has 5 nitrogen and oxygen atoms in total. The van der Waals surface area contributed by atoms with E-state index in [1.54, 1.807) is 0 Å². The summed E-state index contributed by atoms with van der Waals surface area (Å²) in [6, 6.07) is 16.2. The first kappa shape index (κ1) is 17.9. The Labute approximate surface area is 148 Å². The molecule has 2 aromatic carbocycles. The Bertz CT molecular complexity index is 709. The Morgan fingerprint density at radius 1 is 1.08 bits per heavy atom. The number of ether oxygens (including phenoxy) is 1. The van der Waals surface area contributed by atoms with Gasteiger partial charge in [-0.1, -0.05) is 62.4 Å². The average molecular weight is 359 g/mol. The van der Waals surface area contributed by atoms with Crippen molar-refractivity contribution in [2.45, 2.75) is 25.5 Å². The molecular formula is C19H22NO4P. The van der Waals surface area contributed by atoms with Crippen molar-refractivity contribution in [2.24, 2.45) is 5.92 Å². The van der Waals surface area contributed by atoms with Crippen molar-refractivity contribution in [1.82, 2.24) is 5.32 Å². The Balaban J connectivity index is 1.72. The van der Waals surface area contributed by atoms with Crippen LogP contribution in [0, 0.1) is 5.92 Å². The number of amides is 1. The van der Waals surface area contributed by atoms with Gasteiger partial charge in [-0.2, -0.15) is 0 Å². The van der Waals surface area contributed by atoms with Gasteiger partial charge in [-0.05, 0) is 28.2 Å². The highest BCUT2D eigenvalue weighted by molar-refractivity contribution is 7.45. The molecule has 1 amide bonds. The van der Waals surface area contributed by atoms with Gasteiger partial charge in [0, 0.05) is 5.92 Å². The van der Waals surface area contributed by atoms with Crippen LogP contribution in [0.3, 0.4) is 0 Å². The summed E-state index contributed by atoms with van der Waals surface area (Å²) in [5.41, 5.74) is 4.62. The molecule has 2 aromatic rings. The first-order valence-corrected chi connectivity index (χ1v) is 9.59. The molecule has 1 unspecified atom stereocenters. The van der Waals surface area contributed by atoms with E-state index in [0.29, 0.717) is 0 Å². The lowest BCUT2D eigenvalue weighted by Crippen LogP contribution is -2.38. The fourth-order valence-corrected chi connectivity index (χ4v) is 4.01. The second kappa shape index (κ2) is 7.52. The highest BCUT2D eigenvalue weighted by atomic mass is 31.2. The molecule has 0 aliphatic heterocycles. The van der Waals surface area contributed by atoms with Gasteiger partial charge in [0.2, 0.25) is 0 Å². The molecule has 0 radical (unpaired) electrons. The summed E-state index contributed by atoms with van der Waals surface area (Å²) in [4.78, 5) is 30.9. The molecule has 0 saturated carbocycles. The average Bonchev–Trinajstić information content (AvgIpc) is 2.91. The third kappa shape index (κ3) is 3.69. The second-order valence-electron chi connectivity index (χ2n) is 6.48.